The topological polar surface area (TPSA) is 37.3 Å². The summed E-state index contributed by atoms with van der Waals surface area (Å²) in [6.07, 6.45) is 27.1. The SMILES string of the molecule is CCCCCCCC/C=C/CCCCCCCCCCCC(=O)O.[Ag]. The van der Waals surface area contributed by atoms with Crippen molar-refractivity contribution in [2.24, 2.45) is 0 Å². The van der Waals surface area contributed by atoms with Crippen molar-refractivity contribution in [1.82, 2.24) is 0 Å². The first-order valence-electron chi connectivity index (χ1n) is 10.6. The average molecular weight is 446 g/mol. The van der Waals surface area contributed by atoms with Gasteiger partial charge >= 0.3 is 5.97 Å². The summed E-state index contributed by atoms with van der Waals surface area (Å²) in [5, 5.41) is 8.55. The van der Waals surface area contributed by atoms with E-state index in [9.17, 15) is 4.79 Å². The van der Waals surface area contributed by atoms with E-state index in [1.165, 1.54) is 96.3 Å². The zero-order valence-corrected chi connectivity index (χ0v) is 18.0. The van der Waals surface area contributed by atoms with Gasteiger partial charge in [0.15, 0.2) is 0 Å². The van der Waals surface area contributed by atoms with Gasteiger partial charge in [0.25, 0.3) is 0 Å². The van der Waals surface area contributed by atoms with Crippen LogP contribution in [-0.4, -0.2) is 11.1 Å². The van der Waals surface area contributed by atoms with Crippen molar-refractivity contribution in [3.63, 3.8) is 0 Å². The van der Waals surface area contributed by atoms with E-state index >= 15 is 0 Å². The number of unbranched alkanes of at least 4 members (excludes halogenated alkanes) is 15. The molecule has 0 saturated heterocycles. The van der Waals surface area contributed by atoms with Crippen molar-refractivity contribution < 1.29 is 32.3 Å². The van der Waals surface area contributed by atoms with E-state index in [1.807, 2.05) is 0 Å². The molecule has 1 radical (unpaired) electrons. The fraction of sp³-hybridized carbons (Fsp3) is 0.864. The fourth-order valence-corrected chi connectivity index (χ4v) is 3.05. The summed E-state index contributed by atoms with van der Waals surface area (Å²) in [6, 6.07) is 0. The van der Waals surface area contributed by atoms with Crippen molar-refractivity contribution >= 4 is 5.97 Å². The van der Waals surface area contributed by atoms with E-state index in [4.69, 9.17) is 5.11 Å². The quantitative estimate of drug-likeness (QED) is 0.126. The smallest absolute Gasteiger partial charge is 0.303 e. The number of allylic oxidation sites excluding steroid dienone is 2. The van der Waals surface area contributed by atoms with Crippen LogP contribution in [0, 0.1) is 0 Å². The predicted molar refractivity (Wildman–Crippen MR) is 106 cm³/mol. The van der Waals surface area contributed by atoms with E-state index in [1.54, 1.807) is 0 Å². The monoisotopic (exact) mass is 445 g/mol. The van der Waals surface area contributed by atoms with Crippen LogP contribution in [0.25, 0.3) is 0 Å². The van der Waals surface area contributed by atoms with E-state index in [2.05, 4.69) is 19.1 Å². The first kappa shape index (κ1) is 27.2. The summed E-state index contributed by atoms with van der Waals surface area (Å²) in [7, 11) is 0. The first-order valence-corrected chi connectivity index (χ1v) is 10.6. The number of carbonyl (C=O) groups is 1. The maximum absolute atomic E-state index is 10.4. The van der Waals surface area contributed by atoms with E-state index < -0.39 is 5.97 Å². The Labute approximate surface area is 172 Å². The minimum absolute atomic E-state index is 0. The van der Waals surface area contributed by atoms with Crippen LogP contribution in [0.3, 0.4) is 0 Å². The maximum atomic E-state index is 10.4. The normalized spacial score (nSPS) is 10.9. The minimum Gasteiger partial charge on any atom is -0.481 e. The number of carboxylic acids is 1. The molecule has 0 aromatic carbocycles. The molecule has 153 valence electrons. The summed E-state index contributed by atoms with van der Waals surface area (Å²) in [4.78, 5) is 10.4. The second-order valence-corrected chi connectivity index (χ2v) is 7.14. The Hall–Kier alpha value is -0.0497. The van der Waals surface area contributed by atoms with E-state index in [0.717, 1.165) is 12.8 Å². The van der Waals surface area contributed by atoms with Crippen LogP contribution >= 0.6 is 0 Å². The van der Waals surface area contributed by atoms with Crippen molar-refractivity contribution in [3.8, 4) is 0 Å². The number of carboxylic acid groups (broad SMARTS) is 1. The van der Waals surface area contributed by atoms with Gasteiger partial charge in [-0.15, -0.1) is 0 Å². The second kappa shape index (κ2) is 24.0. The van der Waals surface area contributed by atoms with Crippen LogP contribution in [0.4, 0.5) is 0 Å². The molecule has 0 amide bonds. The van der Waals surface area contributed by atoms with Gasteiger partial charge in [-0.2, -0.15) is 0 Å². The van der Waals surface area contributed by atoms with Gasteiger partial charge in [-0.3, -0.25) is 4.79 Å². The van der Waals surface area contributed by atoms with Gasteiger partial charge in [0.2, 0.25) is 0 Å². The zero-order valence-electron chi connectivity index (χ0n) is 16.5. The van der Waals surface area contributed by atoms with Gasteiger partial charge in [0.05, 0.1) is 0 Å². The Morgan fingerprint density at radius 1 is 0.640 bits per heavy atom. The molecule has 0 unspecified atom stereocenters. The number of hydrogen-bond donors (Lipinski definition) is 1. The molecule has 0 aromatic heterocycles. The summed E-state index contributed by atoms with van der Waals surface area (Å²) in [6.45, 7) is 2.27. The molecule has 0 fully saturated rings. The molecule has 3 heteroatoms. The van der Waals surface area contributed by atoms with Gasteiger partial charge in [0, 0.05) is 28.8 Å². The number of hydrogen-bond acceptors (Lipinski definition) is 1. The fourth-order valence-electron chi connectivity index (χ4n) is 3.05. The third-order valence-electron chi connectivity index (χ3n) is 4.65. The molecule has 0 atom stereocenters. The Morgan fingerprint density at radius 3 is 1.40 bits per heavy atom. The first-order chi connectivity index (χ1) is 11.8. The summed E-state index contributed by atoms with van der Waals surface area (Å²) >= 11 is 0. The maximum Gasteiger partial charge on any atom is 0.303 e. The Bertz CT molecular complexity index is 290. The summed E-state index contributed by atoms with van der Waals surface area (Å²) in [5.41, 5.74) is 0. The molecular formula is C22H42AgO2. The molecular weight excluding hydrogens is 404 g/mol. The zero-order chi connectivity index (χ0) is 17.7. The molecule has 2 nitrogen and oxygen atoms in total. The van der Waals surface area contributed by atoms with Gasteiger partial charge in [-0.25, -0.2) is 0 Å². The minimum atomic E-state index is -0.656. The van der Waals surface area contributed by atoms with Gasteiger partial charge in [-0.1, -0.05) is 96.1 Å². The van der Waals surface area contributed by atoms with Gasteiger partial charge in [-0.05, 0) is 32.1 Å². The third-order valence-corrected chi connectivity index (χ3v) is 4.65. The predicted octanol–water partition coefficient (Wildman–Crippen LogP) is 7.67. The van der Waals surface area contributed by atoms with Crippen LogP contribution in [-0.2, 0) is 27.2 Å². The number of rotatable bonds is 19. The third kappa shape index (κ3) is 26.3. The molecule has 0 aliphatic carbocycles. The van der Waals surface area contributed by atoms with Crippen LogP contribution in [0.1, 0.15) is 122 Å². The molecule has 0 heterocycles. The summed E-state index contributed by atoms with van der Waals surface area (Å²) in [5.74, 6) is -0.656. The van der Waals surface area contributed by atoms with Crippen LogP contribution in [0.2, 0.25) is 0 Å². The van der Waals surface area contributed by atoms with E-state index in [-0.39, 0.29) is 22.4 Å². The molecule has 0 rings (SSSR count). The molecule has 1 N–H and O–H groups in total. The number of aliphatic carboxylic acids is 1. The van der Waals surface area contributed by atoms with Crippen LogP contribution < -0.4 is 0 Å². The van der Waals surface area contributed by atoms with Crippen molar-refractivity contribution in [2.45, 2.75) is 122 Å². The largest absolute Gasteiger partial charge is 0.481 e. The molecule has 0 aliphatic heterocycles. The van der Waals surface area contributed by atoms with E-state index in [0.29, 0.717) is 6.42 Å². The van der Waals surface area contributed by atoms with Crippen LogP contribution in [0.5, 0.6) is 0 Å². The van der Waals surface area contributed by atoms with Crippen molar-refractivity contribution in [1.29, 1.82) is 0 Å². The average Bonchev–Trinajstić information content (AvgIpc) is 2.56. The molecule has 0 spiro atoms. The molecule has 25 heavy (non-hydrogen) atoms. The van der Waals surface area contributed by atoms with Crippen molar-refractivity contribution in [2.75, 3.05) is 0 Å². The Balaban J connectivity index is 0. The molecule has 0 saturated carbocycles. The molecule has 0 aromatic rings. The van der Waals surface area contributed by atoms with Gasteiger partial charge < -0.3 is 5.11 Å². The second-order valence-electron chi connectivity index (χ2n) is 7.14. The van der Waals surface area contributed by atoms with Crippen molar-refractivity contribution in [3.05, 3.63) is 12.2 Å². The molecule has 0 aliphatic rings. The Morgan fingerprint density at radius 2 is 1.00 bits per heavy atom. The molecule has 0 bridgehead atoms. The summed E-state index contributed by atoms with van der Waals surface area (Å²) < 4.78 is 0. The van der Waals surface area contributed by atoms with Gasteiger partial charge in [0.1, 0.15) is 0 Å². The van der Waals surface area contributed by atoms with Crippen LogP contribution in [0.15, 0.2) is 12.2 Å². The Kier molecular flexibility index (Phi) is 26.0. The standard InChI is InChI=1S/C22H42O2.Ag/c1-2-3-4-5-6-7-8-9-10-11-12-13-14-15-16-17-18-19-20-21-22(23)24;/h9-10H,2-8,11-21H2,1H3,(H,23,24);/b10-9+;.